The van der Waals surface area contributed by atoms with Gasteiger partial charge in [-0.15, -0.1) is 0 Å². The number of rotatable bonds is 8. The normalized spacial score (nSPS) is 10.0. The van der Waals surface area contributed by atoms with E-state index in [1.165, 1.54) is 0 Å². The molecule has 0 amide bonds. The molecule has 0 radical (unpaired) electrons. The van der Waals surface area contributed by atoms with Crippen LogP contribution < -0.4 is 10.2 Å². The SMILES string of the molecule is CCNc1ncnc(N(CCC#N)CCOC)c1C. The molecule has 0 aliphatic carbocycles. The van der Waals surface area contributed by atoms with Gasteiger partial charge in [0.25, 0.3) is 0 Å². The highest BCUT2D eigenvalue weighted by molar-refractivity contribution is 5.57. The highest BCUT2D eigenvalue weighted by Crippen LogP contribution is 2.22. The Bertz CT molecular complexity index is 430. The van der Waals surface area contributed by atoms with E-state index in [-0.39, 0.29) is 0 Å². The minimum Gasteiger partial charge on any atom is -0.383 e. The molecule has 1 heterocycles. The number of aromatic nitrogens is 2. The first-order valence-electron chi connectivity index (χ1n) is 6.40. The average molecular weight is 263 g/mol. The van der Waals surface area contributed by atoms with Gasteiger partial charge in [0.1, 0.15) is 18.0 Å². The van der Waals surface area contributed by atoms with Gasteiger partial charge >= 0.3 is 0 Å². The molecule has 0 atom stereocenters. The third-order valence-corrected chi connectivity index (χ3v) is 2.76. The Balaban J connectivity index is 2.93. The smallest absolute Gasteiger partial charge is 0.137 e. The van der Waals surface area contributed by atoms with Crippen LogP contribution in [0.25, 0.3) is 0 Å². The van der Waals surface area contributed by atoms with Crippen molar-refractivity contribution in [3.8, 4) is 6.07 Å². The second-order valence-electron chi connectivity index (χ2n) is 4.09. The highest BCUT2D eigenvalue weighted by Gasteiger charge is 2.13. The van der Waals surface area contributed by atoms with Crippen molar-refractivity contribution < 1.29 is 4.74 Å². The number of nitrogens with zero attached hydrogens (tertiary/aromatic N) is 4. The molecule has 19 heavy (non-hydrogen) atoms. The molecular formula is C13H21N5O. The van der Waals surface area contributed by atoms with Crippen LogP contribution in [0.4, 0.5) is 11.6 Å². The second kappa shape index (κ2) is 8.27. The van der Waals surface area contributed by atoms with Crippen molar-refractivity contribution in [1.82, 2.24) is 9.97 Å². The Morgan fingerprint density at radius 2 is 2.21 bits per heavy atom. The summed E-state index contributed by atoms with van der Waals surface area (Å²) in [6, 6.07) is 2.16. The van der Waals surface area contributed by atoms with Crippen LogP contribution in [-0.4, -0.2) is 43.3 Å². The molecule has 1 aromatic rings. The van der Waals surface area contributed by atoms with Crippen LogP contribution in [0.1, 0.15) is 18.9 Å². The topological polar surface area (TPSA) is 74.1 Å². The first kappa shape index (κ1) is 15.2. The molecule has 1 N–H and O–H groups in total. The lowest BCUT2D eigenvalue weighted by molar-refractivity contribution is 0.205. The molecule has 0 saturated carbocycles. The third-order valence-electron chi connectivity index (χ3n) is 2.76. The molecule has 0 saturated heterocycles. The van der Waals surface area contributed by atoms with E-state index in [0.717, 1.165) is 23.7 Å². The number of nitrogens with one attached hydrogen (secondary N) is 1. The van der Waals surface area contributed by atoms with Gasteiger partial charge in [0.05, 0.1) is 19.1 Å². The summed E-state index contributed by atoms with van der Waals surface area (Å²) in [7, 11) is 1.67. The zero-order chi connectivity index (χ0) is 14.1. The Kier molecular flexibility index (Phi) is 6.61. The van der Waals surface area contributed by atoms with Crippen LogP contribution in [0, 0.1) is 18.3 Å². The van der Waals surface area contributed by atoms with Gasteiger partial charge in [-0.1, -0.05) is 0 Å². The van der Waals surface area contributed by atoms with Gasteiger partial charge in [-0.25, -0.2) is 9.97 Å². The predicted octanol–water partition coefficient (Wildman–Crippen LogP) is 1.58. The Labute approximate surface area is 114 Å². The predicted molar refractivity (Wildman–Crippen MR) is 75.3 cm³/mol. The fourth-order valence-corrected chi connectivity index (χ4v) is 1.82. The summed E-state index contributed by atoms with van der Waals surface area (Å²) in [4.78, 5) is 10.6. The molecule has 0 aliphatic rings. The van der Waals surface area contributed by atoms with Crippen LogP contribution in [-0.2, 0) is 4.74 Å². The van der Waals surface area contributed by atoms with E-state index in [1.54, 1.807) is 13.4 Å². The Morgan fingerprint density at radius 3 is 2.84 bits per heavy atom. The zero-order valence-electron chi connectivity index (χ0n) is 11.8. The van der Waals surface area contributed by atoms with Crippen LogP contribution in [0.2, 0.25) is 0 Å². The molecular weight excluding hydrogens is 242 g/mol. The van der Waals surface area contributed by atoms with E-state index in [1.807, 2.05) is 13.8 Å². The Morgan fingerprint density at radius 1 is 1.42 bits per heavy atom. The number of hydrogen-bond donors (Lipinski definition) is 1. The van der Waals surface area contributed by atoms with Gasteiger partial charge in [0.2, 0.25) is 0 Å². The van der Waals surface area contributed by atoms with Crippen LogP contribution in [0.15, 0.2) is 6.33 Å². The van der Waals surface area contributed by atoms with Gasteiger partial charge in [0, 0.05) is 32.3 Å². The van der Waals surface area contributed by atoms with Crippen molar-refractivity contribution in [2.24, 2.45) is 0 Å². The van der Waals surface area contributed by atoms with Gasteiger partial charge in [-0.2, -0.15) is 5.26 Å². The fraction of sp³-hybridized carbons (Fsp3) is 0.615. The van der Waals surface area contributed by atoms with Crippen molar-refractivity contribution in [3.05, 3.63) is 11.9 Å². The summed E-state index contributed by atoms with van der Waals surface area (Å²) in [6.45, 7) is 6.78. The summed E-state index contributed by atoms with van der Waals surface area (Å²) in [5.74, 6) is 1.70. The van der Waals surface area contributed by atoms with Gasteiger partial charge in [-0.3, -0.25) is 0 Å². The minimum absolute atomic E-state index is 0.462. The summed E-state index contributed by atoms with van der Waals surface area (Å²) in [6.07, 6.45) is 2.01. The van der Waals surface area contributed by atoms with E-state index in [4.69, 9.17) is 10.00 Å². The van der Waals surface area contributed by atoms with Crippen LogP contribution in [0.3, 0.4) is 0 Å². The molecule has 0 fully saturated rings. The maximum absolute atomic E-state index is 8.74. The van der Waals surface area contributed by atoms with E-state index >= 15 is 0 Å². The summed E-state index contributed by atoms with van der Waals surface area (Å²) < 4.78 is 5.11. The summed E-state index contributed by atoms with van der Waals surface area (Å²) >= 11 is 0. The highest BCUT2D eigenvalue weighted by atomic mass is 16.5. The number of methoxy groups -OCH3 is 1. The monoisotopic (exact) mass is 263 g/mol. The fourth-order valence-electron chi connectivity index (χ4n) is 1.82. The number of nitriles is 1. The molecule has 0 unspecified atom stereocenters. The maximum Gasteiger partial charge on any atom is 0.137 e. The summed E-state index contributed by atoms with van der Waals surface area (Å²) in [5, 5.41) is 12.0. The van der Waals surface area contributed by atoms with E-state index < -0.39 is 0 Å². The van der Waals surface area contributed by atoms with Gasteiger partial charge in [-0.05, 0) is 13.8 Å². The van der Waals surface area contributed by atoms with Gasteiger partial charge in [0.15, 0.2) is 0 Å². The summed E-state index contributed by atoms with van der Waals surface area (Å²) in [5.41, 5.74) is 0.999. The molecule has 104 valence electrons. The van der Waals surface area contributed by atoms with Crippen LogP contribution in [0.5, 0.6) is 0 Å². The maximum atomic E-state index is 8.74. The molecule has 0 bridgehead atoms. The first-order chi connectivity index (χ1) is 9.24. The molecule has 0 aliphatic heterocycles. The number of anilines is 2. The second-order valence-corrected chi connectivity index (χ2v) is 4.09. The van der Waals surface area contributed by atoms with E-state index in [2.05, 4.69) is 26.3 Å². The lowest BCUT2D eigenvalue weighted by Gasteiger charge is -2.24. The number of ether oxygens (including phenoxy) is 1. The third kappa shape index (κ3) is 4.38. The lowest BCUT2D eigenvalue weighted by Crippen LogP contribution is -2.30. The molecule has 6 heteroatoms. The van der Waals surface area contributed by atoms with Gasteiger partial charge < -0.3 is 15.0 Å². The van der Waals surface area contributed by atoms with Crippen molar-refractivity contribution in [1.29, 1.82) is 5.26 Å². The van der Waals surface area contributed by atoms with E-state index in [9.17, 15) is 0 Å². The standard InChI is InChI=1S/C13H21N5O/c1-4-15-12-11(2)13(17-10-16-12)18(7-5-6-14)8-9-19-3/h10H,4-5,7-9H2,1-3H3,(H,15,16,17). The molecule has 6 nitrogen and oxygen atoms in total. The number of hydrogen-bond acceptors (Lipinski definition) is 6. The quantitative estimate of drug-likeness (QED) is 0.767. The molecule has 1 aromatic heterocycles. The van der Waals surface area contributed by atoms with Crippen molar-refractivity contribution in [3.63, 3.8) is 0 Å². The van der Waals surface area contributed by atoms with Crippen molar-refractivity contribution >= 4 is 11.6 Å². The first-order valence-corrected chi connectivity index (χ1v) is 6.40. The van der Waals surface area contributed by atoms with Crippen LogP contribution >= 0.6 is 0 Å². The average Bonchev–Trinajstić information content (AvgIpc) is 2.42. The molecule has 1 rings (SSSR count). The lowest BCUT2D eigenvalue weighted by atomic mass is 10.2. The molecule has 0 spiro atoms. The van der Waals surface area contributed by atoms with Crippen molar-refractivity contribution in [2.75, 3.05) is 43.6 Å². The minimum atomic E-state index is 0.462. The zero-order valence-corrected chi connectivity index (χ0v) is 11.8. The molecule has 0 aromatic carbocycles. The van der Waals surface area contributed by atoms with Crippen molar-refractivity contribution in [2.45, 2.75) is 20.3 Å². The Hall–Kier alpha value is -1.87. The van der Waals surface area contributed by atoms with E-state index in [0.29, 0.717) is 26.1 Å². The largest absolute Gasteiger partial charge is 0.383 e.